The van der Waals surface area contributed by atoms with Gasteiger partial charge < -0.3 is 4.90 Å². The van der Waals surface area contributed by atoms with Crippen LogP contribution in [-0.4, -0.2) is 0 Å². The highest BCUT2D eigenvalue weighted by atomic mass is 15.1. The van der Waals surface area contributed by atoms with Gasteiger partial charge in [-0.15, -0.1) is 0 Å². The van der Waals surface area contributed by atoms with Gasteiger partial charge in [-0.1, -0.05) is 191 Å². The first-order valence-corrected chi connectivity index (χ1v) is 21.7. The third kappa shape index (κ3) is 4.79. The van der Waals surface area contributed by atoms with Crippen molar-refractivity contribution in [1.82, 2.24) is 0 Å². The van der Waals surface area contributed by atoms with Gasteiger partial charge in [0.15, 0.2) is 0 Å². The summed E-state index contributed by atoms with van der Waals surface area (Å²) in [6.45, 7) is 4.81. The molecule has 0 aromatic heterocycles. The van der Waals surface area contributed by atoms with E-state index in [4.69, 9.17) is 0 Å². The van der Waals surface area contributed by atoms with Gasteiger partial charge >= 0.3 is 0 Å². The Morgan fingerprint density at radius 2 is 0.864 bits per heavy atom. The Bertz CT molecular complexity index is 2910. The molecule has 1 fully saturated rings. The van der Waals surface area contributed by atoms with Gasteiger partial charge in [0.25, 0.3) is 0 Å². The van der Waals surface area contributed by atoms with Gasteiger partial charge in [-0.25, -0.2) is 0 Å². The third-order valence-electron chi connectivity index (χ3n) is 14.5. The molecule has 0 atom stereocenters. The van der Waals surface area contributed by atoms with Crippen molar-refractivity contribution in [2.24, 2.45) is 0 Å². The van der Waals surface area contributed by atoms with Crippen LogP contribution >= 0.6 is 0 Å². The molecule has 0 unspecified atom stereocenters. The Hall–Kier alpha value is -6.44. The van der Waals surface area contributed by atoms with Crippen LogP contribution in [0.25, 0.3) is 44.5 Å². The lowest BCUT2D eigenvalue weighted by Crippen LogP contribution is -2.29. The van der Waals surface area contributed by atoms with E-state index in [1.165, 1.54) is 133 Å². The molecule has 1 heteroatoms. The van der Waals surface area contributed by atoms with Crippen LogP contribution in [0.5, 0.6) is 0 Å². The summed E-state index contributed by atoms with van der Waals surface area (Å²) in [6.07, 6.45) is 6.40. The van der Waals surface area contributed by atoms with Crippen molar-refractivity contribution in [3.63, 3.8) is 0 Å². The van der Waals surface area contributed by atoms with Crippen LogP contribution in [0.15, 0.2) is 182 Å². The molecule has 8 aromatic rings. The molecule has 0 saturated heterocycles. The molecule has 284 valence electrons. The Morgan fingerprint density at radius 1 is 0.390 bits per heavy atom. The topological polar surface area (TPSA) is 3.24 Å². The molecule has 12 rings (SSSR count). The molecule has 1 nitrogen and oxygen atoms in total. The van der Waals surface area contributed by atoms with E-state index in [1.807, 2.05) is 0 Å². The SMILES string of the molecule is CC1(C)c2ccccc2-c2ccc(N(c3ccccc3C3CCCCC3)c3cccc4c3-c3ccccc3C43c4ccccc4-c4ccccc4-c4ccccc43)cc21. The molecule has 0 radical (unpaired) electrons. The van der Waals surface area contributed by atoms with Crippen LogP contribution in [0.4, 0.5) is 17.1 Å². The largest absolute Gasteiger partial charge is 0.310 e. The fraction of sp³-hybridized carbons (Fsp3) is 0.172. The van der Waals surface area contributed by atoms with Gasteiger partial charge in [0, 0.05) is 22.4 Å². The average Bonchev–Trinajstić information content (AvgIpc) is 3.68. The summed E-state index contributed by atoms with van der Waals surface area (Å²) >= 11 is 0. The fourth-order valence-electron chi connectivity index (χ4n) is 12.0. The van der Waals surface area contributed by atoms with Gasteiger partial charge in [-0.2, -0.15) is 0 Å². The predicted octanol–water partition coefficient (Wildman–Crippen LogP) is 15.5. The zero-order chi connectivity index (χ0) is 39.3. The van der Waals surface area contributed by atoms with Crippen molar-refractivity contribution >= 4 is 17.1 Å². The summed E-state index contributed by atoms with van der Waals surface area (Å²) in [6, 6.07) is 69.7. The van der Waals surface area contributed by atoms with Crippen molar-refractivity contribution in [2.45, 2.75) is 62.7 Å². The molecule has 0 aliphatic heterocycles. The number of para-hydroxylation sites is 1. The lowest BCUT2D eigenvalue weighted by Gasteiger charge is -2.36. The molecule has 59 heavy (non-hydrogen) atoms. The molecular weight excluding hydrogens is 711 g/mol. The summed E-state index contributed by atoms with van der Waals surface area (Å²) in [5, 5.41) is 0. The van der Waals surface area contributed by atoms with Gasteiger partial charge in [0.1, 0.15) is 0 Å². The second kappa shape index (κ2) is 13.0. The highest BCUT2D eigenvalue weighted by molar-refractivity contribution is 6.02. The first-order chi connectivity index (χ1) is 29.1. The number of fused-ring (bicyclic) bond motifs is 15. The van der Waals surface area contributed by atoms with Crippen LogP contribution in [-0.2, 0) is 10.8 Å². The fourth-order valence-corrected chi connectivity index (χ4v) is 12.0. The highest BCUT2D eigenvalue weighted by Gasteiger charge is 2.51. The minimum atomic E-state index is -0.537. The minimum absolute atomic E-state index is 0.117. The van der Waals surface area contributed by atoms with Gasteiger partial charge in [-0.3, -0.25) is 0 Å². The molecule has 4 aliphatic carbocycles. The number of anilines is 3. The quantitative estimate of drug-likeness (QED) is 0.173. The van der Waals surface area contributed by atoms with E-state index < -0.39 is 5.41 Å². The zero-order valence-corrected chi connectivity index (χ0v) is 33.9. The van der Waals surface area contributed by atoms with Gasteiger partial charge in [0.2, 0.25) is 0 Å². The lowest BCUT2D eigenvalue weighted by molar-refractivity contribution is 0.444. The Labute approximate surface area is 348 Å². The van der Waals surface area contributed by atoms with E-state index in [1.54, 1.807) is 0 Å². The Balaban J connectivity index is 1.18. The van der Waals surface area contributed by atoms with Crippen LogP contribution in [0, 0.1) is 0 Å². The maximum absolute atomic E-state index is 2.65. The van der Waals surface area contributed by atoms with E-state index in [0.717, 1.165) is 0 Å². The van der Waals surface area contributed by atoms with Crippen LogP contribution in [0.2, 0.25) is 0 Å². The summed E-state index contributed by atoms with van der Waals surface area (Å²) in [4.78, 5) is 2.65. The molecule has 0 N–H and O–H groups in total. The summed E-state index contributed by atoms with van der Waals surface area (Å²) in [5.41, 5.74) is 23.3. The third-order valence-corrected chi connectivity index (χ3v) is 14.5. The normalized spacial score (nSPS) is 16.2. The van der Waals surface area contributed by atoms with Crippen molar-refractivity contribution < 1.29 is 0 Å². The summed E-state index contributed by atoms with van der Waals surface area (Å²) in [7, 11) is 0. The molecule has 0 amide bonds. The van der Waals surface area contributed by atoms with E-state index in [2.05, 4.69) is 201 Å². The highest BCUT2D eigenvalue weighted by Crippen LogP contribution is 2.64. The van der Waals surface area contributed by atoms with Crippen molar-refractivity contribution in [3.8, 4) is 44.5 Å². The van der Waals surface area contributed by atoms with Crippen LogP contribution < -0.4 is 4.90 Å². The smallest absolute Gasteiger partial charge is 0.0726 e. The van der Waals surface area contributed by atoms with Crippen molar-refractivity contribution in [3.05, 3.63) is 221 Å². The Kier molecular flexibility index (Phi) is 7.64. The number of hydrogen-bond acceptors (Lipinski definition) is 1. The molecule has 0 bridgehead atoms. The average molecular weight is 758 g/mol. The standard InChI is InChI=1S/C58H47N/c1-57(2)48-28-13-8-26-45(48)46-36-35-39(37-53(46)57)59(54-33-17-12-21-40(54)38-19-4-3-5-20-38)55-34-18-32-52-56(55)47-27-11-16-31-51(47)58(52)49-29-14-9-24-43(49)41-22-6-7-23-42(41)44-25-10-15-30-50(44)58/h6-18,21-38H,3-5,19-20H2,1-2H3. The Morgan fingerprint density at radius 3 is 1.53 bits per heavy atom. The molecule has 4 aliphatic rings. The lowest BCUT2D eigenvalue weighted by atomic mass is 9.66. The van der Waals surface area contributed by atoms with Gasteiger partial charge in [0.05, 0.1) is 11.1 Å². The molecule has 0 heterocycles. The first-order valence-electron chi connectivity index (χ1n) is 21.7. The van der Waals surface area contributed by atoms with E-state index in [9.17, 15) is 0 Å². The maximum atomic E-state index is 2.65. The molecule has 8 aromatic carbocycles. The molecule has 1 spiro atoms. The number of rotatable bonds is 4. The maximum Gasteiger partial charge on any atom is 0.0726 e. The monoisotopic (exact) mass is 757 g/mol. The van der Waals surface area contributed by atoms with E-state index in [0.29, 0.717) is 5.92 Å². The number of nitrogens with zero attached hydrogens (tertiary/aromatic N) is 1. The summed E-state index contributed by atoms with van der Waals surface area (Å²) < 4.78 is 0. The first kappa shape index (κ1) is 34.6. The number of benzene rings is 8. The minimum Gasteiger partial charge on any atom is -0.310 e. The second-order valence-corrected chi connectivity index (χ2v) is 17.8. The van der Waals surface area contributed by atoms with Crippen molar-refractivity contribution in [2.75, 3.05) is 4.90 Å². The molecule has 1 saturated carbocycles. The predicted molar refractivity (Wildman–Crippen MR) is 246 cm³/mol. The summed E-state index contributed by atoms with van der Waals surface area (Å²) in [5.74, 6) is 0.534. The van der Waals surface area contributed by atoms with E-state index >= 15 is 0 Å². The van der Waals surface area contributed by atoms with Gasteiger partial charge in [-0.05, 0) is 121 Å². The van der Waals surface area contributed by atoms with Crippen molar-refractivity contribution in [1.29, 1.82) is 0 Å². The zero-order valence-electron chi connectivity index (χ0n) is 33.9. The molecular formula is C58H47N. The van der Waals surface area contributed by atoms with Crippen LogP contribution in [0.1, 0.15) is 90.8 Å². The number of hydrogen-bond donors (Lipinski definition) is 0. The van der Waals surface area contributed by atoms with Crippen LogP contribution in [0.3, 0.4) is 0 Å². The second-order valence-electron chi connectivity index (χ2n) is 17.8. The van der Waals surface area contributed by atoms with E-state index in [-0.39, 0.29) is 5.41 Å².